The molecule has 0 aliphatic carbocycles. The van der Waals surface area contributed by atoms with Crippen LogP contribution in [0.5, 0.6) is 0 Å². The molecule has 2 nitrogen and oxygen atoms in total. The first-order valence-corrected chi connectivity index (χ1v) is 4.79. The third-order valence-electron chi connectivity index (χ3n) is 1.43. The molecule has 4 heteroatoms. The van der Waals surface area contributed by atoms with Gasteiger partial charge >= 0.3 is 5.97 Å². The number of aliphatic carboxylic acids is 1. The molecule has 0 fully saturated rings. The zero-order valence-corrected chi connectivity index (χ0v) is 8.90. The number of carboxylic acid groups (broad SMARTS) is 1. The summed E-state index contributed by atoms with van der Waals surface area (Å²) in [6.07, 6.45) is 5.58. The van der Waals surface area contributed by atoms with Gasteiger partial charge in [0.15, 0.2) is 0 Å². The van der Waals surface area contributed by atoms with Crippen LogP contribution in [0.15, 0.2) is 22.2 Å². The second kappa shape index (κ2) is 6.98. The maximum atomic E-state index is 10.6. The standard InChI is InChI=1S/C9H12Cl2O2/c1-2-3-4-5-7(9(12)13)6-8(10)11/h5-6H,2-4H2,1H3,(H,12,13). The minimum Gasteiger partial charge on any atom is -0.478 e. The molecule has 0 aliphatic heterocycles. The van der Waals surface area contributed by atoms with Crippen LogP contribution in [0.3, 0.4) is 0 Å². The lowest BCUT2D eigenvalue weighted by atomic mass is 10.1. The van der Waals surface area contributed by atoms with E-state index in [2.05, 4.69) is 0 Å². The Balaban J connectivity index is 4.33. The first kappa shape index (κ1) is 12.5. The van der Waals surface area contributed by atoms with Gasteiger partial charge in [0.05, 0.1) is 5.57 Å². The maximum Gasteiger partial charge on any atom is 0.335 e. The molecule has 13 heavy (non-hydrogen) atoms. The van der Waals surface area contributed by atoms with E-state index < -0.39 is 5.97 Å². The number of carboxylic acids is 1. The second-order valence-corrected chi connectivity index (χ2v) is 3.55. The fourth-order valence-electron chi connectivity index (χ4n) is 0.787. The second-order valence-electron chi connectivity index (χ2n) is 2.54. The molecule has 0 radical (unpaired) electrons. The molecule has 0 heterocycles. The summed E-state index contributed by atoms with van der Waals surface area (Å²) in [6.45, 7) is 2.04. The van der Waals surface area contributed by atoms with E-state index >= 15 is 0 Å². The van der Waals surface area contributed by atoms with E-state index in [1.54, 1.807) is 6.08 Å². The van der Waals surface area contributed by atoms with E-state index in [1.165, 1.54) is 6.08 Å². The van der Waals surface area contributed by atoms with Gasteiger partial charge in [-0.1, -0.05) is 49.0 Å². The Morgan fingerprint density at radius 2 is 2.08 bits per heavy atom. The van der Waals surface area contributed by atoms with Crippen LogP contribution in [-0.2, 0) is 4.79 Å². The van der Waals surface area contributed by atoms with Crippen LogP contribution >= 0.6 is 23.2 Å². The van der Waals surface area contributed by atoms with Crippen molar-refractivity contribution in [3.8, 4) is 0 Å². The molecule has 0 bridgehead atoms. The van der Waals surface area contributed by atoms with Gasteiger partial charge in [0.2, 0.25) is 0 Å². The molecule has 0 atom stereocenters. The monoisotopic (exact) mass is 222 g/mol. The van der Waals surface area contributed by atoms with Crippen molar-refractivity contribution in [3.63, 3.8) is 0 Å². The lowest BCUT2D eigenvalue weighted by molar-refractivity contribution is -0.132. The predicted octanol–water partition coefficient (Wildman–Crippen LogP) is 3.51. The average molecular weight is 223 g/mol. The van der Waals surface area contributed by atoms with Crippen molar-refractivity contribution in [3.05, 3.63) is 22.2 Å². The van der Waals surface area contributed by atoms with Gasteiger partial charge in [-0.05, 0) is 12.5 Å². The van der Waals surface area contributed by atoms with E-state index in [0.717, 1.165) is 19.3 Å². The Morgan fingerprint density at radius 3 is 2.46 bits per heavy atom. The molecule has 1 N–H and O–H groups in total. The highest BCUT2D eigenvalue weighted by molar-refractivity contribution is 6.56. The van der Waals surface area contributed by atoms with Crippen molar-refractivity contribution >= 4 is 29.2 Å². The molecule has 0 aromatic heterocycles. The average Bonchev–Trinajstić information content (AvgIpc) is 2.02. The highest BCUT2D eigenvalue weighted by atomic mass is 35.5. The van der Waals surface area contributed by atoms with Crippen molar-refractivity contribution in [2.45, 2.75) is 26.2 Å². The van der Waals surface area contributed by atoms with Crippen LogP contribution in [0.4, 0.5) is 0 Å². The zero-order valence-electron chi connectivity index (χ0n) is 7.39. The van der Waals surface area contributed by atoms with E-state index in [-0.39, 0.29) is 10.1 Å². The molecule has 0 aromatic carbocycles. The summed E-state index contributed by atoms with van der Waals surface area (Å²) in [5.41, 5.74) is 0.147. The Bertz CT molecular complexity index is 228. The lowest BCUT2D eigenvalue weighted by Crippen LogP contribution is -1.97. The smallest absolute Gasteiger partial charge is 0.335 e. The van der Waals surface area contributed by atoms with Crippen molar-refractivity contribution in [1.29, 1.82) is 0 Å². The molecular weight excluding hydrogens is 211 g/mol. The molecule has 0 aromatic rings. The first-order chi connectivity index (χ1) is 6.07. The number of carbonyl (C=O) groups is 1. The molecule has 0 unspecified atom stereocenters. The van der Waals surface area contributed by atoms with Crippen LogP contribution in [0, 0.1) is 0 Å². The summed E-state index contributed by atoms with van der Waals surface area (Å²) in [5, 5.41) is 8.69. The molecule has 0 saturated heterocycles. The van der Waals surface area contributed by atoms with E-state index in [1.807, 2.05) is 6.92 Å². The van der Waals surface area contributed by atoms with Crippen LogP contribution in [0.1, 0.15) is 26.2 Å². The van der Waals surface area contributed by atoms with Crippen molar-refractivity contribution < 1.29 is 9.90 Å². The number of hydrogen-bond donors (Lipinski definition) is 1. The number of unbranched alkanes of at least 4 members (excludes halogenated alkanes) is 2. The summed E-state index contributed by atoms with van der Waals surface area (Å²) < 4.78 is -0.0369. The van der Waals surface area contributed by atoms with Gasteiger partial charge in [-0.2, -0.15) is 0 Å². The topological polar surface area (TPSA) is 37.3 Å². The van der Waals surface area contributed by atoms with Gasteiger partial charge in [0.25, 0.3) is 0 Å². The quantitative estimate of drug-likeness (QED) is 0.440. The summed E-state index contributed by atoms with van der Waals surface area (Å²) in [4.78, 5) is 10.6. The molecule has 74 valence electrons. The summed E-state index contributed by atoms with van der Waals surface area (Å²) in [6, 6.07) is 0. The van der Waals surface area contributed by atoms with Crippen LogP contribution in [0.25, 0.3) is 0 Å². The third kappa shape index (κ3) is 6.67. The van der Waals surface area contributed by atoms with Gasteiger partial charge in [-0.25, -0.2) is 4.79 Å². The minimum atomic E-state index is -1.00. The highest BCUT2D eigenvalue weighted by Crippen LogP contribution is 2.12. The fourth-order valence-corrected chi connectivity index (χ4v) is 1.02. The lowest BCUT2D eigenvalue weighted by Gasteiger charge is -1.95. The number of hydrogen-bond acceptors (Lipinski definition) is 1. The largest absolute Gasteiger partial charge is 0.478 e. The molecule has 0 saturated carbocycles. The SMILES string of the molecule is CCCCC=C(C=C(Cl)Cl)C(=O)O. The summed E-state index contributed by atoms with van der Waals surface area (Å²) in [5.74, 6) is -1.00. The Kier molecular flexibility index (Phi) is 6.73. The van der Waals surface area contributed by atoms with Gasteiger partial charge in [0.1, 0.15) is 4.49 Å². The summed E-state index contributed by atoms with van der Waals surface area (Å²) >= 11 is 10.7. The van der Waals surface area contributed by atoms with Gasteiger partial charge < -0.3 is 5.11 Å². The van der Waals surface area contributed by atoms with E-state index in [0.29, 0.717) is 0 Å². The molecule has 0 amide bonds. The van der Waals surface area contributed by atoms with Gasteiger partial charge in [-0.15, -0.1) is 0 Å². The normalized spacial score (nSPS) is 11.2. The number of halogens is 2. The maximum absolute atomic E-state index is 10.6. The summed E-state index contributed by atoms with van der Waals surface area (Å²) in [7, 11) is 0. The van der Waals surface area contributed by atoms with Crippen LogP contribution < -0.4 is 0 Å². The Hall–Kier alpha value is -0.470. The highest BCUT2D eigenvalue weighted by Gasteiger charge is 2.03. The molecule has 0 aliphatic rings. The predicted molar refractivity (Wildman–Crippen MR) is 55.0 cm³/mol. The number of allylic oxidation sites excluding steroid dienone is 1. The van der Waals surface area contributed by atoms with E-state index in [9.17, 15) is 4.79 Å². The van der Waals surface area contributed by atoms with Crippen molar-refractivity contribution in [2.24, 2.45) is 0 Å². The minimum absolute atomic E-state index is 0.0369. The fraction of sp³-hybridized carbons (Fsp3) is 0.444. The number of rotatable bonds is 5. The molecular formula is C9H12Cl2O2. The third-order valence-corrected chi connectivity index (χ3v) is 1.65. The van der Waals surface area contributed by atoms with E-state index in [4.69, 9.17) is 28.3 Å². The van der Waals surface area contributed by atoms with Crippen LogP contribution in [0.2, 0.25) is 0 Å². The van der Waals surface area contributed by atoms with Gasteiger partial charge in [0, 0.05) is 0 Å². The zero-order chi connectivity index (χ0) is 10.3. The van der Waals surface area contributed by atoms with Crippen molar-refractivity contribution in [2.75, 3.05) is 0 Å². The first-order valence-electron chi connectivity index (χ1n) is 4.04. The van der Waals surface area contributed by atoms with Gasteiger partial charge in [-0.3, -0.25) is 0 Å². The Labute approximate surface area is 87.8 Å². The Morgan fingerprint density at radius 1 is 1.46 bits per heavy atom. The molecule has 0 rings (SSSR count). The molecule has 0 spiro atoms. The van der Waals surface area contributed by atoms with Crippen LogP contribution in [-0.4, -0.2) is 11.1 Å². The van der Waals surface area contributed by atoms with Crippen molar-refractivity contribution in [1.82, 2.24) is 0 Å².